The van der Waals surface area contributed by atoms with Gasteiger partial charge in [0.15, 0.2) is 5.01 Å². The molecule has 2 aromatic rings. The van der Waals surface area contributed by atoms with Crippen molar-refractivity contribution in [2.75, 3.05) is 12.4 Å². The Morgan fingerprint density at radius 3 is 3.07 bits per heavy atom. The molecule has 7 heteroatoms. The number of amides is 1. The van der Waals surface area contributed by atoms with Crippen molar-refractivity contribution >= 4 is 33.9 Å². The first kappa shape index (κ1) is 10.1. The highest BCUT2D eigenvalue weighted by atomic mass is 32.1. The quantitative estimate of drug-likeness (QED) is 0.877. The molecule has 5 nitrogen and oxygen atoms in total. The minimum absolute atomic E-state index is 0.435. The number of nitrogens with one attached hydrogen (secondary N) is 1. The Hall–Kier alpha value is -1.47. The van der Waals surface area contributed by atoms with E-state index in [2.05, 4.69) is 20.3 Å². The van der Waals surface area contributed by atoms with E-state index >= 15 is 0 Å². The molecule has 78 valence electrons. The SMILES string of the molecule is COC(=O)Nc1nnc(-c2cccs2)s1. The molecule has 0 saturated heterocycles. The summed E-state index contributed by atoms with van der Waals surface area (Å²) in [5, 5.41) is 13.4. The van der Waals surface area contributed by atoms with Gasteiger partial charge in [0.1, 0.15) is 0 Å². The highest BCUT2D eigenvalue weighted by molar-refractivity contribution is 7.23. The Balaban J connectivity index is 2.14. The fourth-order valence-corrected chi connectivity index (χ4v) is 2.43. The number of ether oxygens (including phenoxy) is 1. The van der Waals surface area contributed by atoms with Gasteiger partial charge in [-0.2, -0.15) is 0 Å². The molecular formula is C8H7N3O2S2. The number of methoxy groups -OCH3 is 1. The number of nitrogens with zero attached hydrogens (tertiary/aromatic N) is 2. The van der Waals surface area contributed by atoms with Gasteiger partial charge in [0.25, 0.3) is 0 Å². The Bertz CT molecular complexity index is 452. The normalized spacial score (nSPS) is 9.93. The number of anilines is 1. The van der Waals surface area contributed by atoms with Crippen LogP contribution in [-0.2, 0) is 4.74 Å². The third kappa shape index (κ3) is 2.31. The summed E-state index contributed by atoms with van der Waals surface area (Å²) in [4.78, 5) is 11.9. The molecule has 0 aliphatic heterocycles. The molecule has 1 amide bonds. The first-order valence-corrected chi connectivity index (χ1v) is 5.71. The second-order valence-corrected chi connectivity index (χ2v) is 4.43. The maximum atomic E-state index is 10.9. The monoisotopic (exact) mass is 241 g/mol. The smallest absolute Gasteiger partial charge is 0.413 e. The van der Waals surface area contributed by atoms with E-state index in [-0.39, 0.29) is 0 Å². The van der Waals surface area contributed by atoms with Crippen LogP contribution in [0.25, 0.3) is 9.88 Å². The number of carbonyl (C=O) groups is 1. The molecule has 0 bridgehead atoms. The van der Waals surface area contributed by atoms with Crippen molar-refractivity contribution < 1.29 is 9.53 Å². The molecule has 1 N–H and O–H groups in total. The van der Waals surface area contributed by atoms with E-state index in [0.717, 1.165) is 9.88 Å². The summed E-state index contributed by atoms with van der Waals surface area (Å²) in [5.74, 6) is 0. The van der Waals surface area contributed by atoms with Crippen LogP contribution < -0.4 is 5.32 Å². The van der Waals surface area contributed by atoms with Crippen molar-refractivity contribution in [3.8, 4) is 9.88 Å². The summed E-state index contributed by atoms with van der Waals surface area (Å²) in [6.07, 6.45) is -0.538. The van der Waals surface area contributed by atoms with Crippen LogP contribution in [0.1, 0.15) is 0 Å². The second kappa shape index (κ2) is 4.37. The predicted octanol–water partition coefficient (Wildman–Crippen LogP) is 2.44. The van der Waals surface area contributed by atoms with E-state index in [1.54, 1.807) is 11.3 Å². The summed E-state index contributed by atoms with van der Waals surface area (Å²) in [6, 6.07) is 3.89. The van der Waals surface area contributed by atoms with Crippen LogP contribution in [0.2, 0.25) is 0 Å². The number of rotatable bonds is 2. The standard InChI is InChI=1S/C8H7N3O2S2/c1-13-8(12)9-7-11-10-6(15-7)5-3-2-4-14-5/h2-4H,1H3,(H,9,11,12). The zero-order valence-electron chi connectivity index (χ0n) is 7.76. The Morgan fingerprint density at radius 2 is 2.40 bits per heavy atom. The summed E-state index contributed by atoms with van der Waals surface area (Å²) in [5.41, 5.74) is 0. The van der Waals surface area contributed by atoms with Crippen LogP contribution in [0.4, 0.5) is 9.93 Å². The molecule has 2 heterocycles. The van der Waals surface area contributed by atoms with E-state index in [9.17, 15) is 4.79 Å². The molecule has 15 heavy (non-hydrogen) atoms. The minimum atomic E-state index is -0.538. The third-order valence-electron chi connectivity index (χ3n) is 1.55. The zero-order valence-corrected chi connectivity index (χ0v) is 9.39. The highest BCUT2D eigenvalue weighted by Crippen LogP contribution is 2.29. The van der Waals surface area contributed by atoms with Crippen LogP contribution in [0, 0.1) is 0 Å². The van der Waals surface area contributed by atoms with Crippen molar-refractivity contribution in [1.29, 1.82) is 0 Å². The zero-order chi connectivity index (χ0) is 10.7. The van der Waals surface area contributed by atoms with Crippen molar-refractivity contribution in [2.24, 2.45) is 0 Å². The summed E-state index contributed by atoms with van der Waals surface area (Å²) in [7, 11) is 1.30. The average Bonchev–Trinajstić information content (AvgIpc) is 2.85. The van der Waals surface area contributed by atoms with E-state index in [0.29, 0.717) is 5.13 Å². The first-order valence-electron chi connectivity index (χ1n) is 4.02. The highest BCUT2D eigenvalue weighted by Gasteiger charge is 2.09. The lowest BCUT2D eigenvalue weighted by atomic mass is 10.5. The Kier molecular flexibility index (Phi) is 2.93. The molecule has 2 rings (SSSR count). The van der Waals surface area contributed by atoms with Gasteiger partial charge in [-0.15, -0.1) is 21.5 Å². The topological polar surface area (TPSA) is 64.1 Å². The molecule has 0 aliphatic carbocycles. The predicted molar refractivity (Wildman–Crippen MR) is 59.2 cm³/mol. The fraction of sp³-hybridized carbons (Fsp3) is 0.125. The third-order valence-corrected chi connectivity index (χ3v) is 3.43. The summed E-state index contributed by atoms with van der Waals surface area (Å²) in [6.45, 7) is 0. The van der Waals surface area contributed by atoms with Gasteiger partial charge in [-0.1, -0.05) is 17.4 Å². The molecular weight excluding hydrogens is 234 g/mol. The molecule has 0 unspecified atom stereocenters. The molecule has 0 aliphatic rings. The van der Waals surface area contributed by atoms with E-state index in [1.165, 1.54) is 18.4 Å². The lowest BCUT2D eigenvalue weighted by molar-refractivity contribution is 0.187. The maximum absolute atomic E-state index is 10.9. The first-order chi connectivity index (χ1) is 7.29. The van der Waals surface area contributed by atoms with Crippen molar-refractivity contribution in [2.45, 2.75) is 0 Å². The molecule has 0 radical (unpaired) electrons. The lowest BCUT2D eigenvalue weighted by Crippen LogP contribution is -2.10. The number of hydrogen-bond acceptors (Lipinski definition) is 6. The van der Waals surface area contributed by atoms with Gasteiger partial charge in [0.2, 0.25) is 5.13 Å². The molecule has 2 aromatic heterocycles. The minimum Gasteiger partial charge on any atom is -0.453 e. The maximum Gasteiger partial charge on any atom is 0.413 e. The number of thiophene rings is 1. The van der Waals surface area contributed by atoms with Gasteiger partial charge < -0.3 is 4.74 Å². The summed E-state index contributed by atoms with van der Waals surface area (Å²) < 4.78 is 4.45. The van der Waals surface area contributed by atoms with Crippen LogP contribution in [0.15, 0.2) is 17.5 Å². The largest absolute Gasteiger partial charge is 0.453 e. The fourth-order valence-electron chi connectivity index (χ4n) is 0.912. The van der Waals surface area contributed by atoms with Crippen LogP contribution >= 0.6 is 22.7 Å². The second-order valence-electron chi connectivity index (χ2n) is 2.51. The van der Waals surface area contributed by atoms with Gasteiger partial charge in [-0.05, 0) is 11.4 Å². The lowest BCUT2D eigenvalue weighted by Gasteiger charge is -1.95. The van der Waals surface area contributed by atoms with Gasteiger partial charge >= 0.3 is 6.09 Å². The number of aromatic nitrogens is 2. The van der Waals surface area contributed by atoms with E-state index in [4.69, 9.17) is 0 Å². The number of carbonyl (C=O) groups excluding carboxylic acids is 1. The molecule has 0 spiro atoms. The van der Waals surface area contributed by atoms with Crippen molar-refractivity contribution in [1.82, 2.24) is 10.2 Å². The average molecular weight is 241 g/mol. The van der Waals surface area contributed by atoms with Gasteiger partial charge in [-0.25, -0.2) is 4.79 Å². The van der Waals surface area contributed by atoms with Gasteiger partial charge in [0, 0.05) is 0 Å². The van der Waals surface area contributed by atoms with E-state index < -0.39 is 6.09 Å². The van der Waals surface area contributed by atoms with Gasteiger partial charge in [0.05, 0.1) is 12.0 Å². The van der Waals surface area contributed by atoms with Crippen LogP contribution in [0.5, 0.6) is 0 Å². The molecule has 0 atom stereocenters. The Morgan fingerprint density at radius 1 is 1.53 bits per heavy atom. The van der Waals surface area contributed by atoms with Gasteiger partial charge in [-0.3, -0.25) is 5.32 Å². The molecule has 0 fully saturated rings. The van der Waals surface area contributed by atoms with Crippen LogP contribution in [0.3, 0.4) is 0 Å². The van der Waals surface area contributed by atoms with E-state index in [1.807, 2.05) is 17.5 Å². The van der Waals surface area contributed by atoms with Crippen molar-refractivity contribution in [3.63, 3.8) is 0 Å². The Labute approximate surface area is 93.7 Å². The van der Waals surface area contributed by atoms with Crippen molar-refractivity contribution in [3.05, 3.63) is 17.5 Å². The molecule has 0 saturated carbocycles. The van der Waals surface area contributed by atoms with Crippen LogP contribution in [-0.4, -0.2) is 23.4 Å². The molecule has 0 aromatic carbocycles. The number of hydrogen-bond donors (Lipinski definition) is 1. The summed E-state index contributed by atoms with van der Waals surface area (Å²) >= 11 is 2.89.